The summed E-state index contributed by atoms with van der Waals surface area (Å²) in [4.78, 5) is 4.52. The highest BCUT2D eigenvalue weighted by atomic mass is 79.9. The molecule has 0 fully saturated rings. The lowest BCUT2D eigenvalue weighted by Crippen LogP contribution is -2.13. The van der Waals surface area contributed by atoms with Crippen molar-refractivity contribution in [3.05, 3.63) is 34.2 Å². The van der Waals surface area contributed by atoms with Crippen LogP contribution >= 0.6 is 15.9 Å². The summed E-state index contributed by atoms with van der Waals surface area (Å²) < 4.78 is 2.76. The number of hydrogen-bond acceptors (Lipinski definition) is 2. The number of rotatable bonds is 0. The monoisotopic (exact) mass is 277 g/mol. The number of halogens is 1. The molecule has 0 saturated carbocycles. The zero-order valence-electron chi connectivity index (χ0n) is 9.45. The molecule has 0 aromatic carbocycles. The van der Waals surface area contributed by atoms with E-state index in [1.54, 1.807) is 0 Å². The topological polar surface area (TPSA) is 41.1 Å². The first-order chi connectivity index (χ1) is 7.43. The average Bonchev–Trinajstić information content (AvgIpc) is 2.54. The van der Waals surface area contributed by atoms with Crippen molar-refractivity contribution in [3.63, 3.8) is 0 Å². The third-order valence-electron chi connectivity index (χ3n) is 2.40. The molecule has 0 unspecified atom stereocenters. The van der Waals surface area contributed by atoms with E-state index >= 15 is 0 Å². The molecule has 0 radical (unpaired) electrons. The predicted molar refractivity (Wildman–Crippen MR) is 66.3 cm³/mol. The molecule has 0 amide bonds. The van der Waals surface area contributed by atoms with Crippen molar-refractivity contribution in [1.29, 1.82) is 5.26 Å². The fourth-order valence-corrected chi connectivity index (χ4v) is 1.99. The van der Waals surface area contributed by atoms with Crippen LogP contribution in [0, 0.1) is 11.3 Å². The Balaban J connectivity index is 2.84. The number of hydrogen-bond donors (Lipinski definition) is 0. The highest BCUT2D eigenvalue weighted by Crippen LogP contribution is 2.26. The maximum Gasteiger partial charge on any atom is 0.148 e. The molecule has 2 rings (SSSR count). The molecule has 0 atom stereocenters. The van der Waals surface area contributed by atoms with Gasteiger partial charge in [0.05, 0.1) is 5.69 Å². The lowest BCUT2D eigenvalue weighted by molar-refractivity contribution is 0.571. The van der Waals surface area contributed by atoms with Crippen molar-refractivity contribution in [1.82, 2.24) is 9.38 Å². The van der Waals surface area contributed by atoms with Crippen LogP contribution in [0.2, 0.25) is 0 Å². The minimum absolute atomic E-state index is 0.121. The fourth-order valence-electron chi connectivity index (χ4n) is 1.65. The smallest absolute Gasteiger partial charge is 0.148 e. The number of fused-ring (bicyclic) bond motifs is 1. The van der Waals surface area contributed by atoms with Crippen LogP contribution in [-0.4, -0.2) is 9.38 Å². The highest BCUT2D eigenvalue weighted by Gasteiger charge is 2.23. The summed E-state index contributed by atoms with van der Waals surface area (Å²) >= 11 is 3.40. The van der Waals surface area contributed by atoms with Crippen molar-refractivity contribution in [3.8, 4) is 6.07 Å². The van der Waals surface area contributed by atoms with Crippen LogP contribution in [0.15, 0.2) is 22.8 Å². The first kappa shape index (κ1) is 11.2. The molecule has 0 N–H and O–H groups in total. The largest absolute Gasteiger partial charge is 0.290 e. The van der Waals surface area contributed by atoms with Crippen molar-refractivity contribution in [2.45, 2.75) is 26.2 Å². The minimum Gasteiger partial charge on any atom is -0.290 e. The number of aromatic nitrogens is 2. The van der Waals surface area contributed by atoms with E-state index in [9.17, 15) is 5.26 Å². The van der Waals surface area contributed by atoms with Gasteiger partial charge in [-0.2, -0.15) is 5.26 Å². The average molecular weight is 278 g/mol. The highest BCUT2D eigenvalue weighted by molar-refractivity contribution is 9.10. The normalized spacial score (nSPS) is 11.7. The Hall–Kier alpha value is -1.34. The Morgan fingerprint density at radius 3 is 2.62 bits per heavy atom. The molecule has 2 heterocycles. The van der Waals surface area contributed by atoms with Crippen LogP contribution in [0.4, 0.5) is 0 Å². The summed E-state index contributed by atoms with van der Waals surface area (Å²) in [7, 11) is 0. The van der Waals surface area contributed by atoms with Crippen LogP contribution in [0.25, 0.3) is 5.65 Å². The van der Waals surface area contributed by atoms with Gasteiger partial charge in [-0.1, -0.05) is 20.8 Å². The van der Waals surface area contributed by atoms with Crippen molar-refractivity contribution >= 4 is 21.6 Å². The van der Waals surface area contributed by atoms with E-state index in [0.29, 0.717) is 5.69 Å². The molecular formula is C12H12BrN3. The predicted octanol–water partition coefficient (Wildman–Crippen LogP) is 3.27. The van der Waals surface area contributed by atoms with Gasteiger partial charge in [0.15, 0.2) is 0 Å². The summed E-state index contributed by atoms with van der Waals surface area (Å²) in [6.45, 7) is 6.18. The molecule has 0 bridgehead atoms. The van der Waals surface area contributed by atoms with E-state index in [1.807, 2.05) is 22.7 Å². The van der Waals surface area contributed by atoms with Gasteiger partial charge in [0.25, 0.3) is 0 Å². The Morgan fingerprint density at radius 2 is 2.06 bits per heavy atom. The second-order valence-corrected chi connectivity index (χ2v) is 5.66. The summed E-state index contributed by atoms with van der Waals surface area (Å²) in [6.07, 6.45) is 1.87. The lowest BCUT2D eigenvalue weighted by atomic mass is 9.91. The first-order valence-corrected chi connectivity index (χ1v) is 5.81. The van der Waals surface area contributed by atoms with Gasteiger partial charge in [0, 0.05) is 16.1 Å². The Kier molecular flexibility index (Phi) is 2.51. The van der Waals surface area contributed by atoms with Gasteiger partial charge in [-0.25, -0.2) is 4.98 Å². The van der Waals surface area contributed by atoms with E-state index < -0.39 is 0 Å². The zero-order valence-corrected chi connectivity index (χ0v) is 11.0. The van der Waals surface area contributed by atoms with Crippen molar-refractivity contribution < 1.29 is 0 Å². The number of pyridine rings is 1. The Morgan fingerprint density at radius 1 is 1.38 bits per heavy atom. The van der Waals surface area contributed by atoms with Gasteiger partial charge < -0.3 is 0 Å². The molecule has 3 nitrogen and oxygen atoms in total. The summed E-state index contributed by atoms with van der Waals surface area (Å²) in [6, 6.07) is 6.06. The first-order valence-electron chi connectivity index (χ1n) is 5.01. The molecule has 82 valence electrons. The van der Waals surface area contributed by atoms with Gasteiger partial charge >= 0.3 is 0 Å². The van der Waals surface area contributed by atoms with Gasteiger partial charge in [-0.3, -0.25) is 4.40 Å². The Bertz CT molecular complexity index is 585. The molecule has 16 heavy (non-hydrogen) atoms. The summed E-state index contributed by atoms with van der Waals surface area (Å²) in [5, 5.41) is 9.23. The molecule has 0 aliphatic heterocycles. The maximum absolute atomic E-state index is 9.23. The maximum atomic E-state index is 9.23. The van der Waals surface area contributed by atoms with E-state index in [-0.39, 0.29) is 5.41 Å². The van der Waals surface area contributed by atoms with Crippen LogP contribution in [-0.2, 0) is 5.41 Å². The van der Waals surface area contributed by atoms with Crippen LogP contribution < -0.4 is 0 Å². The molecule has 2 aromatic heterocycles. The van der Waals surface area contributed by atoms with Crippen LogP contribution in [0.1, 0.15) is 32.2 Å². The summed E-state index contributed by atoms with van der Waals surface area (Å²) in [5.41, 5.74) is 2.14. The number of nitriles is 1. The molecule has 4 heteroatoms. The second-order valence-electron chi connectivity index (χ2n) is 4.75. The van der Waals surface area contributed by atoms with Crippen LogP contribution in [0.3, 0.4) is 0 Å². The van der Waals surface area contributed by atoms with E-state index in [0.717, 1.165) is 15.8 Å². The zero-order chi connectivity index (χ0) is 11.9. The van der Waals surface area contributed by atoms with Gasteiger partial charge in [-0.05, 0) is 28.1 Å². The van der Waals surface area contributed by atoms with E-state index in [2.05, 4.69) is 47.8 Å². The molecule has 2 aromatic rings. The summed E-state index contributed by atoms with van der Waals surface area (Å²) in [5.74, 6) is 0. The minimum atomic E-state index is -0.121. The number of imidazole rings is 1. The fraction of sp³-hybridized carbons (Fsp3) is 0.333. The van der Waals surface area contributed by atoms with Gasteiger partial charge in [0.1, 0.15) is 17.4 Å². The van der Waals surface area contributed by atoms with E-state index in [4.69, 9.17) is 0 Å². The van der Waals surface area contributed by atoms with Gasteiger partial charge in [-0.15, -0.1) is 0 Å². The van der Waals surface area contributed by atoms with Crippen molar-refractivity contribution in [2.75, 3.05) is 0 Å². The standard InChI is InChI=1S/C12H12BrN3/c1-12(2,3)11-9(6-14)16-7-8(13)4-5-10(16)15-11/h4-5,7H,1-3H3. The van der Waals surface area contributed by atoms with Crippen LogP contribution in [0.5, 0.6) is 0 Å². The third-order valence-corrected chi connectivity index (χ3v) is 2.87. The molecule has 0 aliphatic carbocycles. The quantitative estimate of drug-likeness (QED) is 0.742. The SMILES string of the molecule is CC(C)(C)c1nc2ccc(Br)cn2c1C#N. The van der Waals surface area contributed by atoms with Gasteiger partial charge in [0.2, 0.25) is 0 Å². The second kappa shape index (κ2) is 3.60. The molecule has 0 aliphatic rings. The third kappa shape index (κ3) is 1.72. The molecule has 0 saturated heterocycles. The molecule has 0 spiro atoms. The van der Waals surface area contributed by atoms with E-state index in [1.165, 1.54) is 0 Å². The Labute approximate surface area is 103 Å². The number of nitrogens with zero attached hydrogens (tertiary/aromatic N) is 3. The lowest BCUT2D eigenvalue weighted by Gasteiger charge is -2.15. The van der Waals surface area contributed by atoms with Crippen molar-refractivity contribution in [2.24, 2.45) is 0 Å². The molecular weight excluding hydrogens is 266 g/mol.